The number of anilines is 1. The van der Waals surface area contributed by atoms with Crippen molar-refractivity contribution in [2.24, 2.45) is 0 Å². The lowest BCUT2D eigenvalue weighted by Gasteiger charge is -1.98. The molecule has 0 radical (unpaired) electrons. The molecular weight excluding hydrogens is 368 g/mol. The number of furan rings is 1. The first-order valence-corrected chi connectivity index (χ1v) is 9.54. The van der Waals surface area contributed by atoms with E-state index >= 15 is 0 Å². The molecule has 0 aliphatic carbocycles. The number of rotatable bonds is 5. The summed E-state index contributed by atoms with van der Waals surface area (Å²) in [5.74, 6) is 1.09. The number of fused-ring (bicyclic) bond motifs is 1. The van der Waals surface area contributed by atoms with Crippen LogP contribution in [-0.2, 0) is 4.79 Å². The van der Waals surface area contributed by atoms with E-state index in [1.807, 2.05) is 47.2 Å². The Morgan fingerprint density at radius 3 is 3.00 bits per heavy atom. The number of amides is 1. The van der Waals surface area contributed by atoms with Gasteiger partial charge in [-0.15, -0.1) is 22.7 Å². The summed E-state index contributed by atoms with van der Waals surface area (Å²) in [6.45, 7) is 0. The van der Waals surface area contributed by atoms with Gasteiger partial charge in [0.1, 0.15) is 5.69 Å². The second kappa shape index (κ2) is 7.15. The third-order valence-corrected chi connectivity index (χ3v) is 5.25. The number of hydrogen-bond acceptors (Lipinski definition) is 6. The Morgan fingerprint density at radius 2 is 2.19 bits per heavy atom. The molecule has 3 heterocycles. The molecule has 1 amide bonds. The SMILES string of the molecule is COc1cccc2cc(-c3csc(NC(=O)/C=C/c4cccs4)n3)oc12. The number of ether oxygens (including phenoxy) is 1. The molecule has 0 fully saturated rings. The summed E-state index contributed by atoms with van der Waals surface area (Å²) in [7, 11) is 1.61. The highest BCUT2D eigenvalue weighted by molar-refractivity contribution is 7.14. The summed E-state index contributed by atoms with van der Waals surface area (Å²) in [6, 6.07) is 11.5. The van der Waals surface area contributed by atoms with Crippen LogP contribution in [0.4, 0.5) is 5.13 Å². The first-order chi connectivity index (χ1) is 12.7. The van der Waals surface area contributed by atoms with E-state index in [1.54, 1.807) is 24.5 Å². The van der Waals surface area contributed by atoms with Crippen LogP contribution in [-0.4, -0.2) is 18.0 Å². The minimum atomic E-state index is -0.217. The van der Waals surface area contributed by atoms with Gasteiger partial charge in [0, 0.05) is 21.7 Å². The van der Waals surface area contributed by atoms with Gasteiger partial charge in [-0.3, -0.25) is 10.1 Å². The summed E-state index contributed by atoms with van der Waals surface area (Å²) < 4.78 is 11.2. The molecule has 5 nitrogen and oxygen atoms in total. The van der Waals surface area contributed by atoms with Crippen molar-refractivity contribution in [2.45, 2.75) is 0 Å². The van der Waals surface area contributed by atoms with Crippen LogP contribution in [0, 0.1) is 0 Å². The molecule has 7 heteroatoms. The van der Waals surface area contributed by atoms with E-state index < -0.39 is 0 Å². The molecule has 0 atom stereocenters. The standard InChI is InChI=1S/C19H14N2O3S2/c1-23-15-6-2-4-12-10-16(24-18(12)15)14-11-26-19(20-14)21-17(22)8-7-13-5-3-9-25-13/h2-11H,1H3,(H,20,21,22)/b8-7+. The number of carbonyl (C=O) groups is 1. The highest BCUT2D eigenvalue weighted by Crippen LogP contribution is 2.34. The second-order valence-corrected chi connectivity index (χ2v) is 7.20. The van der Waals surface area contributed by atoms with Gasteiger partial charge in [0.15, 0.2) is 22.2 Å². The Kier molecular flexibility index (Phi) is 4.55. The smallest absolute Gasteiger partial charge is 0.250 e. The molecule has 0 bridgehead atoms. The van der Waals surface area contributed by atoms with Crippen LogP contribution in [0.5, 0.6) is 5.75 Å². The number of hydrogen-bond donors (Lipinski definition) is 1. The van der Waals surface area contributed by atoms with Gasteiger partial charge in [-0.25, -0.2) is 4.98 Å². The predicted molar refractivity (Wildman–Crippen MR) is 106 cm³/mol. The molecule has 0 aliphatic rings. The second-order valence-electron chi connectivity index (χ2n) is 5.37. The molecule has 0 saturated carbocycles. The van der Waals surface area contributed by atoms with E-state index in [9.17, 15) is 4.79 Å². The zero-order chi connectivity index (χ0) is 17.9. The average Bonchev–Trinajstić information content (AvgIpc) is 3.39. The van der Waals surface area contributed by atoms with Crippen molar-refractivity contribution in [2.75, 3.05) is 12.4 Å². The van der Waals surface area contributed by atoms with Crippen LogP contribution in [0.15, 0.2) is 57.7 Å². The van der Waals surface area contributed by atoms with Crippen molar-refractivity contribution in [3.8, 4) is 17.2 Å². The van der Waals surface area contributed by atoms with Crippen molar-refractivity contribution in [3.05, 3.63) is 58.1 Å². The molecule has 0 spiro atoms. The number of methoxy groups -OCH3 is 1. The molecular formula is C19H14N2O3S2. The summed E-state index contributed by atoms with van der Waals surface area (Å²) in [6.07, 6.45) is 3.28. The maximum absolute atomic E-state index is 12.0. The molecule has 0 unspecified atom stereocenters. The molecule has 130 valence electrons. The lowest BCUT2D eigenvalue weighted by atomic mass is 10.2. The Labute approximate surface area is 157 Å². The zero-order valence-corrected chi connectivity index (χ0v) is 15.4. The molecule has 1 N–H and O–H groups in total. The number of nitrogens with zero attached hydrogens (tertiary/aromatic N) is 1. The summed E-state index contributed by atoms with van der Waals surface area (Å²) >= 11 is 2.93. The van der Waals surface area contributed by atoms with E-state index in [1.165, 1.54) is 17.4 Å². The average molecular weight is 382 g/mol. The minimum Gasteiger partial charge on any atom is -0.493 e. The van der Waals surface area contributed by atoms with Gasteiger partial charge in [-0.05, 0) is 29.7 Å². The number of para-hydroxylation sites is 1. The van der Waals surface area contributed by atoms with Gasteiger partial charge in [-0.1, -0.05) is 18.2 Å². The fourth-order valence-electron chi connectivity index (χ4n) is 2.46. The number of aromatic nitrogens is 1. The quantitative estimate of drug-likeness (QED) is 0.477. The lowest BCUT2D eigenvalue weighted by Crippen LogP contribution is -2.07. The third kappa shape index (κ3) is 3.40. The number of nitrogens with one attached hydrogen (secondary N) is 1. The molecule has 1 aromatic carbocycles. The number of thiazole rings is 1. The Bertz CT molecular complexity index is 1080. The number of thiophene rings is 1. The first kappa shape index (κ1) is 16.6. The van der Waals surface area contributed by atoms with Crippen molar-refractivity contribution in [3.63, 3.8) is 0 Å². The zero-order valence-electron chi connectivity index (χ0n) is 13.8. The highest BCUT2D eigenvalue weighted by Gasteiger charge is 2.13. The number of carbonyl (C=O) groups excluding carboxylic acids is 1. The van der Waals surface area contributed by atoms with Crippen molar-refractivity contribution in [1.29, 1.82) is 0 Å². The van der Waals surface area contributed by atoms with Gasteiger partial charge < -0.3 is 9.15 Å². The molecule has 26 heavy (non-hydrogen) atoms. The first-order valence-electron chi connectivity index (χ1n) is 7.78. The fraction of sp³-hybridized carbons (Fsp3) is 0.0526. The predicted octanol–water partition coefficient (Wildman–Crippen LogP) is 5.28. The summed E-state index contributed by atoms with van der Waals surface area (Å²) in [5, 5.41) is 8.05. The fourth-order valence-corrected chi connectivity index (χ4v) is 3.78. The molecule has 4 rings (SSSR count). The topological polar surface area (TPSA) is 64.4 Å². The van der Waals surface area contributed by atoms with Gasteiger partial charge >= 0.3 is 0 Å². The van der Waals surface area contributed by atoms with Crippen LogP contribution in [0.2, 0.25) is 0 Å². The molecule has 0 saturated heterocycles. The van der Waals surface area contributed by atoms with Crippen molar-refractivity contribution in [1.82, 2.24) is 4.98 Å². The summed E-state index contributed by atoms with van der Waals surface area (Å²) in [5.41, 5.74) is 1.35. The van der Waals surface area contributed by atoms with Gasteiger partial charge in [0.05, 0.1) is 7.11 Å². The normalized spacial score (nSPS) is 11.3. The van der Waals surface area contributed by atoms with Crippen LogP contribution in [0.3, 0.4) is 0 Å². The molecule has 4 aromatic rings. The highest BCUT2D eigenvalue weighted by atomic mass is 32.1. The number of benzene rings is 1. The largest absolute Gasteiger partial charge is 0.493 e. The van der Waals surface area contributed by atoms with E-state index in [0.717, 1.165) is 10.3 Å². The maximum atomic E-state index is 12.0. The Balaban J connectivity index is 1.52. The Hall–Kier alpha value is -2.90. The van der Waals surface area contributed by atoms with E-state index in [2.05, 4.69) is 10.3 Å². The van der Waals surface area contributed by atoms with Crippen molar-refractivity contribution >= 4 is 50.8 Å². The van der Waals surface area contributed by atoms with Crippen LogP contribution < -0.4 is 10.1 Å². The van der Waals surface area contributed by atoms with Crippen LogP contribution in [0.1, 0.15) is 4.88 Å². The van der Waals surface area contributed by atoms with Gasteiger partial charge in [0.2, 0.25) is 5.91 Å². The third-order valence-electron chi connectivity index (χ3n) is 3.66. The van der Waals surface area contributed by atoms with E-state index in [-0.39, 0.29) is 5.91 Å². The van der Waals surface area contributed by atoms with Crippen LogP contribution >= 0.6 is 22.7 Å². The van der Waals surface area contributed by atoms with Gasteiger partial charge in [-0.2, -0.15) is 0 Å². The molecule has 0 aliphatic heterocycles. The van der Waals surface area contributed by atoms with E-state index in [0.29, 0.717) is 27.9 Å². The van der Waals surface area contributed by atoms with Crippen LogP contribution in [0.25, 0.3) is 28.5 Å². The van der Waals surface area contributed by atoms with Gasteiger partial charge in [0.25, 0.3) is 0 Å². The maximum Gasteiger partial charge on any atom is 0.250 e. The Morgan fingerprint density at radius 1 is 1.27 bits per heavy atom. The van der Waals surface area contributed by atoms with Crippen molar-refractivity contribution < 1.29 is 13.9 Å². The molecule has 3 aromatic heterocycles. The summed E-state index contributed by atoms with van der Waals surface area (Å²) in [4.78, 5) is 17.5. The monoisotopic (exact) mass is 382 g/mol. The van der Waals surface area contributed by atoms with E-state index in [4.69, 9.17) is 9.15 Å². The lowest BCUT2D eigenvalue weighted by molar-refractivity contribution is -0.111. The minimum absolute atomic E-state index is 0.217.